The molecule has 1 atom stereocenters. The van der Waals surface area contributed by atoms with Crippen LogP contribution in [0.2, 0.25) is 0 Å². The normalized spacial score (nSPS) is 24.3. The lowest BCUT2D eigenvalue weighted by Gasteiger charge is -2.41. The van der Waals surface area contributed by atoms with E-state index in [2.05, 4.69) is 34.8 Å². The highest BCUT2D eigenvalue weighted by atomic mass is 15.2. The average molecular weight is 247 g/mol. The molecule has 0 saturated carbocycles. The number of nitrogens with zero attached hydrogens (tertiary/aromatic N) is 3. The van der Waals surface area contributed by atoms with E-state index < -0.39 is 0 Å². The molecular formula is C15H25N3. The molecule has 100 valence electrons. The van der Waals surface area contributed by atoms with Crippen LogP contribution in [-0.4, -0.2) is 23.1 Å². The molecule has 1 unspecified atom stereocenters. The van der Waals surface area contributed by atoms with E-state index in [4.69, 9.17) is 0 Å². The van der Waals surface area contributed by atoms with E-state index in [1.54, 1.807) is 0 Å². The van der Waals surface area contributed by atoms with Crippen LogP contribution in [0, 0.1) is 19.3 Å². The lowest BCUT2D eigenvalue weighted by atomic mass is 9.78. The van der Waals surface area contributed by atoms with Gasteiger partial charge in [-0.3, -0.25) is 0 Å². The Labute approximate surface area is 111 Å². The van der Waals surface area contributed by atoms with E-state index in [1.165, 1.54) is 25.7 Å². The Morgan fingerprint density at radius 2 is 2.11 bits per heavy atom. The minimum Gasteiger partial charge on any atom is -0.356 e. The molecular weight excluding hydrogens is 222 g/mol. The first-order chi connectivity index (χ1) is 8.52. The minimum atomic E-state index is 0.458. The fraction of sp³-hybridized carbons (Fsp3) is 0.733. The smallest absolute Gasteiger partial charge is 0.132 e. The predicted molar refractivity (Wildman–Crippen MR) is 76.0 cm³/mol. The van der Waals surface area contributed by atoms with Gasteiger partial charge in [-0.25, -0.2) is 9.97 Å². The highest BCUT2D eigenvalue weighted by molar-refractivity contribution is 5.40. The fourth-order valence-corrected chi connectivity index (χ4v) is 3.18. The molecule has 1 fully saturated rings. The summed E-state index contributed by atoms with van der Waals surface area (Å²) in [5.41, 5.74) is 1.53. The van der Waals surface area contributed by atoms with Crippen molar-refractivity contribution in [1.82, 2.24) is 9.97 Å². The summed E-state index contributed by atoms with van der Waals surface area (Å²) in [7, 11) is 0. The number of piperidine rings is 1. The predicted octanol–water partition coefficient (Wildman–Crippen LogP) is 3.50. The molecule has 1 aromatic rings. The molecule has 1 aromatic heterocycles. The van der Waals surface area contributed by atoms with Gasteiger partial charge < -0.3 is 4.90 Å². The molecule has 0 spiro atoms. The molecule has 1 saturated heterocycles. The van der Waals surface area contributed by atoms with Crippen molar-refractivity contribution in [3.63, 3.8) is 0 Å². The van der Waals surface area contributed by atoms with Crippen LogP contribution < -0.4 is 4.90 Å². The third-order valence-corrected chi connectivity index (χ3v) is 3.91. The van der Waals surface area contributed by atoms with Crippen LogP contribution in [0.15, 0.2) is 6.07 Å². The number of aryl methyl sites for hydroxylation is 2. The van der Waals surface area contributed by atoms with E-state index in [-0.39, 0.29) is 0 Å². The van der Waals surface area contributed by atoms with Gasteiger partial charge in [0.25, 0.3) is 0 Å². The van der Waals surface area contributed by atoms with Crippen molar-refractivity contribution >= 4 is 5.82 Å². The quantitative estimate of drug-likeness (QED) is 0.818. The van der Waals surface area contributed by atoms with Crippen molar-refractivity contribution in [2.75, 3.05) is 18.0 Å². The molecule has 3 heteroatoms. The summed E-state index contributed by atoms with van der Waals surface area (Å²) in [6.45, 7) is 11.0. The highest BCUT2D eigenvalue weighted by Gasteiger charge is 2.30. The van der Waals surface area contributed by atoms with Gasteiger partial charge in [-0.05, 0) is 38.5 Å². The van der Waals surface area contributed by atoms with Crippen LogP contribution in [0.4, 0.5) is 5.82 Å². The number of hydrogen-bond acceptors (Lipinski definition) is 3. The fourth-order valence-electron chi connectivity index (χ4n) is 3.18. The van der Waals surface area contributed by atoms with Crippen LogP contribution in [0.25, 0.3) is 0 Å². The molecule has 1 aliphatic heterocycles. The van der Waals surface area contributed by atoms with Crippen molar-refractivity contribution < 1.29 is 0 Å². The van der Waals surface area contributed by atoms with E-state index in [0.29, 0.717) is 5.41 Å². The van der Waals surface area contributed by atoms with Gasteiger partial charge in [-0.1, -0.05) is 20.3 Å². The van der Waals surface area contributed by atoms with Crippen molar-refractivity contribution in [3.05, 3.63) is 17.6 Å². The lowest BCUT2D eigenvalue weighted by Crippen LogP contribution is -2.42. The summed E-state index contributed by atoms with van der Waals surface area (Å²) in [5.74, 6) is 2.00. The summed E-state index contributed by atoms with van der Waals surface area (Å²) in [4.78, 5) is 11.4. The van der Waals surface area contributed by atoms with Gasteiger partial charge in [-0.2, -0.15) is 0 Å². The molecule has 18 heavy (non-hydrogen) atoms. The van der Waals surface area contributed by atoms with Gasteiger partial charge in [-0.15, -0.1) is 0 Å². The topological polar surface area (TPSA) is 29.0 Å². The zero-order valence-electron chi connectivity index (χ0n) is 12.2. The second kappa shape index (κ2) is 5.25. The molecule has 3 nitrogen and oxygen atoms in total. The number of anilines is 1. The first kappa shape index (κ1) is 13.3. The lowest BCUT2D eigenvalue weighted by molar-refractivity contribution is 0.238. The number of rotatable bonds is 3. The SMILES string of the molecule is CCCC1(C)CCCN(c2cc(C)nc(C)n2)C1. The van der Waals surface area contributed by atoms with Crippen LogP contribution in [0.1, 0.15) is 51.0 Å². The van der Waals surface area contributed by atoms with Gasteiger partial charge in [0.2, 0.25) is 0 Å². The number of aromatic nitrogens is 2. The summed E-state index contributed by atoms with van der Waals surface area (Å²) in [6, 6.07) is 2.12. The maximum absolute atomic E-state index is 4.60. The third-order valence-electron chi connectivity index (χ3n) is 3.91. The van der Waals surface area contributed by atoms with E-state index in [1.807, 2.05) is 13.8 Å². The molecule has 0 aliphatic carbocycles. The molecule has 0 bridgehead atoms. The average Bonchev–Trinajstić information content (AvgIpc) is 2.27. The van der Waals surface area contributed by atoms with Gasteiger partial charge in [0, 0.05) is 24.8 Å². The molecule has 0 amide bonds. The highest BCUT2D eigenvalue weighted by Crippen LogP contribution is 2.35. The monoisotopic (exact) mass is 247 g/mol. The van der Waals surface area contributed by atoms with Crippen molar-refractivity contribution in [3.8, 4) is 0 Å². The Bertz CT molecular complexity index is 392. The number of hydrogen-bond donors (Lipinski definition) is 0. The van der Waals surface area contributed by atoms with Gasteiger partial charge in [0.15, 0.2) is 0 Å². The third kappa shape index (κ3) is 3.01. The van der Waals surface area contributed by atoms with Crippen LogP contribution in [0.3, 0.4) is 0 Å². The maximum atomic E-state index is 4.60. The maximum Gasteiger partial charge on any atom is 0.132 e. The molecule has 0 N–H and O–H groups in total. The summed E-state index contributed by atoms with van der Waals surface area (Å²) in [6.07, 6.45) is 5.21. The van der Waals surface area contributed by atoms with Crippen LogP contribution >= 0.6 is 0 Å². The summed E-state index contributed by atoms with van der Waals surface area (Å²) in [5, 5.41) is 0. The standard InChI is InChI=1S/C15H25N3/c1-5-7-15(4)8-6-9-18(11-15)14-10-12(2)16-13(3)17-14/h10H,5-9,11H2,1-4H3. The molecule has 1 aliphatic rings. The molecule has 2 heterocycles. The van der Waals surface area contributed by atoms with Crippen molar-refractivity contribution in [2.24, 2.45) is 5.41 Å². The Balaban J connectivity index is 2.17. The Kier molecular flexibility index (Phi) is 3.88. The molecule has 2 rings (SSSR count). The zero-order valence-corrected chi connectivity index (χ0v) is 12.2. The Morgan fingerprint density at radius 1 is 1.33 bits per heavy atom. The van der Waals surface area contributed by atoms with Crippen molar-refractivity contribution in [1.29, 1.82) is 0 Å². The van der Waals surface area contributed by atoms with E-state index in [0.717, 1.165) is 30.4 Å². The molecule has 0 radical (unpaired) electrons. The minimum absolute atomic E-state index is 0.458. The first-order valence-electron chi connectivity index (χ1n) is 7.10. The summed E-state index contributed by atoms with van der Waals surface area (Å²) < 4.78 is 0. The molecule has 0 aromatic carbocycles. The van der Waals surface area contributed by atoms with Gasteiger partial charge in [0.1, 0.15) is 11.6 Å². The Morgan fingerprint density at radius 3 is 2.78 bits per heavy atom. The largest absolute Gasteiger partial charge is 0.356 e. The van der Waals surface area contributed by atoms with E-state index >= 15 is 0 Å². The zero-order chi connectivity index (χ0) is 13.2. The second-order valence-corrected chi connectivity index (χ2v) is 6.00. The van der Waals surface area contributed by atoms with Gasteiger partial charge >= 0.3 is 0 Å². The van der Waals surface area contributed by atoms with E-state index in [9.17, 15) is 0 Å². The van der Waals surface area contributed by atoms with Gasteiger partial charge in [0.05, 0.1) is 0 Å². The van der Waals surface area contributed by atoms with Crippen LogP contribution in [-0.2, 0) is 0 Å². The Hall–Kier alpha value is -1.12. The first-order valence-corrected chi connectivity index (χ1v) is 7.10. The van der Waals surface area contributed by atoms with Crippen LogP contribution in [0.5, 0.6) is 0 Å². The summed E-state index contributed by atoms with van der Waals surface area (Å²) >= 11 is 0. The second-order valence-electron chi connectivity index (χ2n) is 6.00. The van der Waals surface area contributed by atoms with Crippen molar-refractivity contribution in [2.45, 2.75) is 53.4 Å².